The van der Waals surface area contributed by atoms with Crippen LogP contribution < -0.4 is 10.2 Å². The zero-order chi connectivity index (χ0) is 20.0. The van der Waals surface area contributed by atoms with E-state index in [1.807, 2.05) is 0 Å². The first-order chi connectivity index (χ1) is 12.8. The van der Waals surface area contributed by atoms with Crippen molar-refractivity contribution >= 4 is 29.2 Å². The number of esters is 1. The lowest BCUT2D eigenvalue weighted by molar-refractivity contribution is -0.120. The zero-order valence-corrected chi connectivity index (χ0v) is 14.8. The van der Waals surface area contributed by atoms with Crippen LogP contribution in [0.5, 0.6) is 0 Å². The summed E-state index contributed by atoms with van der Waals surface area (Å²) in [6.45, 7) is 2.77. The van der Waals surface area contributed by atoms with Gasteiger partial charge in [0.2, 0.25) is 11.8 Å². The van der Waals surface area contributed by atoms with Crippen molar-refractivity contribution in [3.63, 3.8) is 0 Å². The summed E-state index contributed by atoms with van der Waals surface area (Å²) >= 11 is 0. The second-order valence-electron chi connectivity index (χ2n) is 5.55. The molecule has 6 nitrogen and oxygen atoms in total. The number of halogens is 2. The van der Waals surface area contributed by atoms with Gasteiger partial charge in [-0.15, -0.1) is 0 Å². The van der Waals surface area contributed by atoms with Crippen LogP contribution in [-0.4, -0.2) is 30.9 Å². The van der Waals surface area contributed by atoms with Crippen molar-refractivity contribution in [1.82, 2.24) is 0 Å². The highest BCUT2D eigenvalue weighted by molar-refractivity contribution is 6.02. The van der Waals surface area contributed by atoms with Gasteiger partial charge in [0.1, 0.15) is 6.54 Å². The van der Waals surface area contributed by atoms with Crippen molar-refractivity contribution in [2.75, 3.05) is 23.4 Å². The molecule has 2 aromatic rings. The second kappa shape index (κ2) is 8.88. The van der Waals surface area contributed by atoms with E-state index in [0.717, 1.165) is 17.0 Å². The van der Waals surface area contributed by atoms with Gasteiger partial charge in [0.15, 0.2) is 11.6 Å². The third kappa shape index (κ3) is 5.34. The average molecular weight is 376 g/mol. The summed E-state index contributed by atoms with van der Waals surface area (Å²) in [5, 5.41) is 2.57. The molecular formula is C19H18F2N2O4. The van der Waals surface area contributed by atoms with Gasteiger partial charge in [-0.25, -0.2) is 13.6 Å². The lowest BCUT2D eigenvalue weighted by Gasteiger charge is -2.21. The number of benzene rings is 2. The van der Waals surface area contributed by atoms with E-state index < -0.39 is 29.4 Å². The fourth-order valence-electron chi connectivity index (χ4n) is 2.29. The van der Waals surface area contributed by atoms with E-state index in [4.69, 9.17) is 4.74 Å². The normalized spacial score (nSPS) is 10.2. The lowest BCUT2D eigenvalue weighted by Crippen LogP contribution is -2.36. The Labute approximate surface area is 154 Å². The fraction of sp³-hybridized carbons (Fsp3) is 0.211. The minimum Gasteiger partial charge on any atom is -0.462 e. The third-order valence-electron chi connectivity index (χ3n) is 3.58. The number of rotatable bonds is 6. The largest absolute Gasteiger partial charge is 0.462 e. The summed E-state index contributed by atoms with van der Waals surface area (Å²) in [6.07, 6.45) is 0. The van der Waals surface area contributed by atoms with E-state index >= 15 is 0 Å². The Bertz CT molecular complexity index is 853. The molecule has 0 spiro atoms. The molecule has 0 aliphatic carbocycles. The van der Waals surface area contributed by atoms with Crippen molar-refractivity contribution < 1.29 is 27.9 Å². The Morgan fingerprint density at radius 2 is 1.70 bits per heavy atom. The number of nitrogens with one attached hydrogen (secondary N) is 1. The molecule has 2 rings (SSSR count). The summed E-state index contributed by atoms with van der Waals surface area (Å²) in [5.41, 5.74) is 0.804. The molecule has 0 aliphatic rings. The first-order valence-corrected chi connectivity index (χ1v) is 8.12. The molecule has 0 radical (unpaired) electrons. The third-order valence-corrected chi connectivity index (χ3v) is 3.58. The van der Waals surface area contributed by atoms with Crippen LogP contribution in [0.3, 0.4) is 0 Å². The van der Waals surface area contributed by atoms with E-state index in [0.29, 0.717) is 11.3 Å². The number of amides is 2. The predicted molar refractivity (Wildman–Crippen MR) is 95.4 cm³/mol. The highest BCUT2D eigenvalue weighted by Gasteiger charge is 2.18. The Hall–Kier alpha value is -3.29. The maximum absolute atomic E-state index is 13.4. The molecule has 0 saturated carbocycles. The van der Waals surface area contributed by atoms with Crippen LogP contribution in [0.2, 0.25) is 0 Å². The van der Waals surface area contributed by atoms with Crippen LogP contribution in [0.25, 0.3) is 0 Å². The van der Waals surface area contributed by atoms with Crippen LogP contribution in [0.1, 0.15) is 24.2 Å². The zero-order valence-electron chi connectivity index (χ0n) is 14.8. The van der Waals surface area contributed by atoms with Crippen molar-refractivity contribution in [3.8, 4) is 0 Å². The van der Waals surface area contributed by atoms with E-state index in [9.17, 15) is 23.2 Å². The van der Waals surface area contributed by atoms with Crippen molar-refractivity contribution in [1.29, 1.82) is 0 Å². The molecule has 0 saturated heterocycles. The monoisotopic (exact) mass is 376 g/mol. The summed E-state index contributed by atoms with van der Waals surface area (Å²) in [4.78, 5) is 36.6. The van der Waals surface area contributed by atoms with Gasteiger partial charge >= 0.3 is 5.97 Å². The van der Waals surface area contributed by atoms with Gasteiger partial charge < -0.3 is 15.0 Å². The van der Waals surface area contributed by atoms with Crippen LogP contribution in [0.15, 0.2) is 42.5 Å². The number of ether oxygens (including phenoxy) is 1. The lowest BCUT2D eigenvalue weighted by atomic mass is 10.2. The number of anilines is 2. The average Bonchev–Trinajstić information content (AvgIpc) is 2.62. The summed E-state index contributed by atoms with van der Waals surface area (Å²) < 4.78 is 31.3. The van der Waals surface area contributed by atoms with Gasteiger partial charge in [-0.2, -0.15) is 0 Å². The smallest absolute Gasteiger partial charge is 0.338 e. The number of carbonyl (C=O) groups is 3. The van der Waals surface area contributed by atoms with Gasteiger partial charge in [-0.05, 0) is 43.3 Å². The Morgan fingerprint density at radius 3 is 2.26 bits per heavy atom. The van der Waals surface area contributed by atoms with Gasteiger partial charge in [0.05, 0.1) is 12.2 Å². The van der Waals surface area contributed by atoms with E-state index in [1.54, 1.807) is 6.92 Å². The first kappa shape index (κ1) is 20.0. The Kier molecular flexibility index (Phi) is 6.59. The molecule has 0 aliphatic heterocycles. The molecule has 0 heterocycles. The summed E-state index contributed by atoms with van der Waals surface area (Å²) in [5.74, 6) is -3.69. The van der Waals surface area contributed by atoms with Crippen LogP contribution in [0, 0.1) is 11.6 Å². The molecule has 8 heteroatoms. The predicted octanol–water partition coefficient (Wildman–Crippen LogP) is 3.13. The first-order valence-electron chi connectivity index (χ1n) is 8.12. The molecule has 27 heavy (non-hydrogen) atoms. The maximum Gasteiger partial charge on any atom is 0.338 e. The molecule has 0 unspecified atom stereocenters. The highest BCUT2D eigenvalue weighted by Crippen LogP contribution is 2.18. The van der Waals surface area contributed by atoms with Gasteiger partial charge in [-0.1, -0.05) is 0 Å². The summed E-state index contributed by atoms with van der Waals surface area (Å²) in [6, 6.07) is 8.95. The molecule has 2 amide bonds. The van der Waals surface area contributed by atoms with Crippen LogP contribution in [0.4, 0.5) is 20.2 Å². The van der Waals surface area contributed by atoms with Gasteiger partial charge in [-0.3, -0.25) is 9.59 Å². The maximum atomic E-state index is 13.4. The quantitative estimate of drug-likeness (QED) is 0.786. The molecular weight excluding hydrogens is 358 g/mol. The highest BCUT2D eigenvalue weighted by atomic mass is 19.2. The Morgan fingerprint density at radius 1 is 1.04 bits per heavy atom. The SMILES string of the molecule is CCOC(=O)c1ccc(NC(=O)CN(C(C)=O)c2ccc(F)c(F)c2)cc1. The molecule has 0 aromatic heterocycles. The molecule has 2 aromatic carbocycles. The molecule has 0 bridgehead atoms. The number of hydrogen-bond donors (Lipinski definition) is 1. The number of carbonyl (C=O) groups excluding carboxylic acids is 3. The van der Waals surface area contributed by atoms with E-state index in [2.05, 4.69) is 5.32 Å². The Balaban J connectivity index is 2.06. The second-order valence-corrected chi connectivity index (χ2v) is 5.55. The number of hydrogen-bond acceptors (Lipinski definition) is 4. The van der Waals surface area contributed by atoms with Crippen molar-refractivity contribution in [3.05, 3.63) is 59.7 Å². The summed E-state index contributed by atoms with van der Waals surface area (Å²) in [7, 11) is 0. The molecule has 0 atom stereocenters. The van der Waals surface area contributed by atoms with E-state index in [-0.39, 0.29) is 18.8 Å². The topological polar surface area (TPSA) is 75.7 Å². The molecule has 142 valence electrons. The number of nitrogens with zero attached hydrogens (tertiary/aromatic N) is 1. The van der Waals surface area contributed by atoms with Gasteiger partial charge in [0.25, 0.3) is 0 Å². The molecule has 0 fully saturated rings. The fourth-order valence-corrected chi connectivity index (χ4v) is 2.29. The standard InChI is InChI=1S/C19H18F2N2O4/c1-3-27-19(26)13-4-6-14(7-5-13)22-18(25)11-23(12(2)24)15-8-9-16(20)17(21)10-15/h4-10H,3,11H2,1-2H3,(H,22,25). The van der Waals surface area contributed by atoms with E-state index in [1.165, 1.54) is 37.3 Å². The van der Waals surface area contributed by atoms with Crippen LogP contribution in [-0.2, 0) is 14.3 Å². The van der Waals surface area contributed by atoms with Crippen LogP contribution >= 0.6 is 0 Å². The van der Waals surface area contributed by atoms with Gasteiger partial charge in [0, 0.05) is 24.4 Å². The van der Waals surface area contributed by atoms with Crippen molar-refractivity contribution in [2.24, 2.45) is 0 Å². The minimum absolute atomic E-state index is 0.0641. The molecule has 1 N–H and O–H groups in total. The van der Waals surface area contributed by atoms with Crippen molar-refractivity contribution in [2.45, 2.75) is 13.8 Å². The minimum atomic E-state index is -1.12.